The number of hydrogen-bond donors (Lipinski definition) is 0. The summed E-state index contributed by atoms with van der Waals surface area (Å²) in [7, 11) is -3.29. The molecule has 1 aliphatic heterocycles. The molecule has 1 aromatic rings. The molecule has 1 fully saturated rings. The number of rotatable bonds is 5. The maximum Gasteiger partial charge on any atom is 0.243 e. The van der Waals surface area contributed by atoms with E-state index in [4.69, 9.17) is 0 Å². The molecule has 2 rings (SSSR count). The number of unbranched alkanes of at least 4 members (excludes halogenated alkanes) is 1. The second-order valence-electron chi connectivity index (χ2n) is 5.57. The Labute approximate surface area is 123 Å². The van der Waals surface area contributed by atoms with E-state index >= 15 is 0 Å². The zero-order chi connectivity index (χ0) is 14.4. The van der Waals surface area contributed by atoms with Gasteiger partial charge in [0.15, 0.2) is 0 Å². The first-order chi connectivity index (χ1) is 9.64. The molecule has 0 bridgehead atoms. The lowest BCUT2D eigenvalue weighted by Crippen LogP contribution is -2.31. The molecule has 1 heterocycles. The van der Waals surface area contributed by atoms with E-state index in [1.165, 1.54) is 5.56 Å². The summed E-state index contributed by atoms with van der Waals surface area (Å²) < 4.78 is 26.8. The van der Waals surface area contributed by atoms with Gasteiger partial charge in [-0.1, -0.05) is 38.3 Å². The van der Waals surface area contributed by atoms with Crippen LogP contribution >= 0.6 is 0 Å². The lowest BCUT2D eigenvalue weighted by Gasteiger charge is -2.20. The Morgan fingerprint density at radius 2 is 1.60 bits per heavy atom. The monoisotopic (exact) mass is 295 g/mol. The largest absolute Gasteiger partial charge is 0.243 e. The molecule has 1 aliphatic rings. The third-order valence-corrected chi connectivity index (χ3v) is 5.86. The fourth-order valence-corrected chi connectivity index (χ4v) is 4.16. The Morgan fingerprint density at radius 3 is 2.15 bits per heavy atom. The van der Waals surface area contributed by atoms with Gasteiger partial charge in [-0.15, -0.1) is 0 Å². The molecule has 0 radical (unpaired) electrons. The summed E-state index contributed by atoms with van der Waals surface area (Å²) in [5, 5.41) is 0. The van der Waals surface area contributed by atoms with Gasteiger partial charge in [0.2, 0.25) is 10.0 Å². The van der Waals surface area contributed by atoms with Gasteiger partial charge >= 0.3 is 0 Å². The van der Waals surface area contributed by atoms with Gasteiger partial charge < -0.3 is 0 Å². The zero-order valence-electron chi connectivity index (χ0n) is 12.3. The average molecular weight is 295 g/mol. The summed E-state index contributed by atoms with van der Waals surface area (Å²) in [5.74, 6) is 0. The second-order valence-corrected chi connectivity index (χ2v) is 7.50. The van der Waals surface area contributed by atoms with Crippen molar-refractivity contribution in [3.8, 4) is 0 Å². The maximum absolute atomic E-state index is 12.6. The third-order valence-electron chi connectivity index (χ3n) is 3.95. The highest BCUT2D eigenvalue weighted by Gasteiger charge is 2.24. The van der Waals surface area contributed by atoms with Crippen molar-refractivity contribution in [2.24, 2.45) is 0 Å². The summed E-state index contributed by atoms with van der Waals surface area (Å²) in [6.45, 7) is 3.50. The molecule has 0 unspecified atom stereocenters. The van der Waals surface area contributed by atoms with Gasteiger partial charge in [0.25, 0.3) is 0 Å². The highest BCUT2D eigenvalue weighted by atomic mass is 32.2. The summed E-state index contributed by atoms with van der Waals surface area (Å²) in [6, 6.07) is 7.46. The fraction of sp³-hybridized carbons (Fsp3) is 0.625. The van der Waals surface area contributed by atoms with Crippen molar-refractivity contribution in [2.45, 2.75) is 56.8 Å². The van der Waals surface area contributed by atoms with Crippen LogP contribution in [0.5, 0.6) is 0 Å². The van der Waals surface area contributed by atoms with Crippen LogP contribution in [0.2, 0.25) is 0 Å². The Morgan fingerprint density at radius 1 is 1.00 bits per heavy atom. The molecular formula is C16H25NO2S. The topological polar surface area (TPSA) is 37.4 Å². The Balaban J connectivity index is 2.12. The molecule has 1 saturated heterocycles. The van der Waals surface area contributed by atoms with Crippen molar-refractivity contribution in [3.63, 3.8) is 0 Å². The molecule has 3 nitrogen and oxygen atoms in total. The minimum Gasteiger partial charge on any atom is -0.207 e. The van der Waals surface area contributed by atoms with E-state index in [0.717, 1.165) is 44.9 Å². The standard InChI is InChI=1S/C16H25NO2S/c1-2-3-8-15-9-11-16(12-10-15)20(18,19)17-13-6-4-5-7-14-17/h9-12H,2-8,13-14H2,1H3. The quantitative estimate of drug-likeness (QED) is 0.832. The molecule has 0 atom stereocenters. The minimum absolute atomic E-state index is 0.444. The van der Waals surface area contributed by atoms with Crippen LogP contribution in [0.3, 0.4) is 0 Å². The highest BCUT2D eigenvalue weighted by molar-refractivity contribution is 7.89. The van der Waals surface area contributed by atoms with Crippen molar-refractivity contribution in [1.82, 2.24) is 4.31 Å². The van der Waals surface area contributed by atoms with Gasteiger partial charge in [-0.3, -0.25) is 0 Å². The molecule has 0 aliphatic carbocycles. The van der Waals surface area contributed by atoms with Gasteiger partial charge in [0.05, 0.1) is 4.90 Å². The number of hydrogen-bond acceptors (Lipinski definition) is 2. The summed E-state index contributed by atoms with van der Waals surface area (Å²) in [5.41, 5.74) is 1.22. The van der Waals surface area contributed by atoms with Crippen molar-refractivity contribution in [2.75, 3.05) is 13.1 Å². The minimum atomic E-state index is -3.29. The van der Waals surface area contributed by atoms with Gasteiger partial charge in [0, 0.05) is 13.1 Å². The molecule has 0 aromatic heterocycles. The first-order valence-corrected chi connectivity index (χ1v) is 9.17. The first kappa shape index (κ1) is 15.5. The van der Waals surface area contributed by atoms with Crippen LogP contribution in [0.4, 0.5) is 0 Å². The fourth-order valence-electron chi connectivity index (χ4n) is 2.64. The summed E-state index contributed by atoms with van der Waals surface area (Å²) in [6.07, 6.45) is 7.58. The lowest BCUT2D eigenvalue weighted by atomic mass is 10.1. The SMILES string of the molecule is CCCCc1ccc(S(=O)(=O)N2CCCCCC2)cc1. The molecule has 20 heavy (non-hydrogen) atoms. The molecule has 0 saturated carbocycles. The van der Waals surface area contributed by atoms with Crippen molar-refractivity contribution in [1.29, 1.82) is 0 Å². The van der Waals surface area contributed by atoms with Crippen LogP contribution < -0.4 is 0 Å². The van der Waals surface area contributed by atoms with Crippen LogP contribution in [0.25, 0.3) is 0 Å². The maximum atomic E-state index is 12.6. The number of nitrogens with zero attached hydrogens (tertiary/aromatic N) is 1. The van der Waals surface area contributed by atoms with E-state index in [1.54, 1.807) is 16.4 Å². The summed E-state index contributed by atoms with van der Waals surface area (Å²) >= 11 is 0. The average Bonchev–Trinajstić information content (AvgIpc) is 2.75. The molecular weight excluding hydrogens is 270 g/mol. The van der Waals surface area contributed by atoms with E-state index < -0.39 is 10.0 Å². The van der Waals surface area contributed by atoms with Gasteiger partial charge in [-0.25, -0.2) is 8.42 Å². The molecule has 0 spiro atoms. The highest BCUT2D eigenvalue weighted by Crippen LogP contribution is 2.21. The molecule has 112 valence electrons. The first-order valence-electron chi connectivity index (χ1n) is 7.73. The van der Waals surface area contributed by atoms with Gasteiger partial charge in [-0.2, -0.15) is 4.31 Å². The number of sulfonamides is 1. The van der Waals surface area contributed by atoms with Crippen molar-refractivity contribution < 1.29 is 8.42 Å². The van der Waals surface area contributed by atoms with Crippen LogP contribution in [0, 0.1) is 0 Å². The second kappa shape index (κ2) is 7.23. The van der Waals surface area contributed by atoms with E-state index in [9.17, 15) is 8.42 Å². The van der Waals surface area contributed by atoms with Gasteiger partial charge in [-0.05, 0) is 43.4 Å². The number of benzene rings is 1. The predicted molar refractivity (Wildman–Crippen MR) is 82.3 cm³/mol. The Kier molecular flexibility index (Phi) is 5.61. The molecule has 0 N–H and O–H groups in total. The smallest absolute Gasteiger partial charge is 0.207 e. The van der Waals surface area contributed by atoms with E-state index in [0.29, 0.717) is 18.0 Å². The predicted octanol–water partition coefficient (Wildman–Crippen LogP) is 3.59. The third kappa shape index (κ3) is 3.83. The van der Waals surface area contributed by atoms with Crippen LogP contribution in [0.1, 0.15) is 51.0 Å². The Bertz CT molecular complexity index is 500. The van der Waals surface area contributed by atoms with Crippen LogP contribution in [0.15, 0.2) is 29.2 Å². The molecule has 1 aromatic carbocycles. The van der Waals surface area contributed by atoms with Crippen molar-refractivity contribution in [3.05, 3.63) is 29.8 Å². The van der Waals surface area contributed by atoms with Crippen LogP contribution in [-0.2, 0) is 16.4 Å². The molecule has 0 amide bonds. The van der Waals surface area contributed by atoms with Gasteiger partial charge in [0.1, 0.15) is 0 Å². The molecule has 4 heteroatoms. The zero-order valence-corrected chi connectivity index (χ0v) is 13.2. The lowest BCUT2D eigenvalue weighted by molar-refractivity contribution is 0.423. The summed E-state index contributed by atoms with van der Waals surface area (Å²) in [4.78, 5) is 0.444. The van der Waals surface area contributed by atoms with E-state index in [2.05, 4.69) is 6.92 Å². The number of aryl methyl sites for hydroxylation is 1. The van der Waals surface area contributed by atoms with Crippen LogP contribution in [-0.4, -0.2) is 25.8 Å². The normalized spacial score (nSPS) is 17.9. The van der Waals surface area contributed by atoms with Crippen molar-refractivity contribution >= 4 is 10.0 Å². The van der Waals surface area contributed by atoms with E-state index in [-0.39, 0.29) is 0 Å². The van der Waals surface area contributed by atoms with E-state index in [1.807, 2.05) is 12.1 Å². The Hall–Kier alpha value is -0.870.